The van der Waals surface area contributed by atoms with Crippen molar-refractivity contribution in [2.24, 2.45) is 10.2 Å². The number of hydrazone groups is 2. The lowest BCUT2D eigenvalue weighted by Crippen LogP contribution is -2.35. The maximum Gasteiger partial charge on any atom is 0.339 e. The fourth-order valence-corrected chi connectivity index (χ4v) is 7.01. The van der Waals surface area contributed by atoms with E-state index in [4.69, 9.17) is 8.37 Å². The highest BCUT2D eigenvalue weighted by Crippen LogP contribution is 2.31. The van der Waals surface area contributed by atoms with Crippen LogP contribution in [0.25, 0.3) is 21.5 Å². The Hall–Kier alpha value is -6.38. The molecule has 0 spiro atoms. The van der Waals surface area contributed by atoms with Crippen molar-refractivity contribution in [2.45, 2.75) is 23.6 Å². The summed E-state index contributed by atoms with van der Waals surface area (Å²) in [5.41, 5.74) is 6.42. The fraction of sp³-hybridized carbons (Fsp3) is 0.0526. The standard InChI is InChI=1S/C38H30N4O8S2/c1-25-11-17-29(18-12-25)51(45,46)49-35-21-15-27-7-3-5-9-31(27)33(35)23-39-41-37(43)38(44)42-40-24-34-32-10-6-4-8-28(32)16-22-36(34)50-52(47,48)30-19-13-26(2)14-20-30/h3-24H,1-2H3,(H,41,43)(H,42,44)/b39-23+,40-24+. The smallest absolute Gasteiger partial charge is 0.339 e. The van der Waals surface area contributed by atoms with Gasteiger partial charge in [-0.2, -0.15) is 27.0 Å². The largest absolute Gasteiger partial charge is 0.378 e. The second kappa shape index (κ2) is 14.8. The summed E-state index contributed by atoms with van der Waals surface area (Å²) in [5, 5.41) is 10.4. The number of carbonyl (C=O) groups is 2. The van der Waals surface area contributed by atoms with Crippen LogP contribution in [0, 0.1) is 13.8 Å². The van der Waals surface area contributed by atoms with Gasteiger partial charge in [0.2, 0.25) is 0 Å². The van der Waals surface area contributed by atoms with Crippen LogP contribution in [0.15, 0.2) is 141 Å². The summed E-state index contributed by atoms with van der Waals surface area (Å²) in [6, 6.07) is 32.8. The third-order valence-corrected chi connectivity index (χ3v) is 10.3. The fourth-order valence-electron chi connectivity index (χ4n) is 5.12. The van der Waals surface area contributed by atoms with Gasteiger partial charge in [-0.1, -0.05) is 96.1 Å². The van der Waals surface area contributed by atoms with E-state index >= 15 is 0 Å². The first-order chi connectivity index (χ1) is 24.9. The summed E-state index contributed by atoms with van der Waals surface area (Å²) in [5.74, 6) is -2.49. The summed E-state index contributed by atoms with van der Waals surface area (Å²) in [4.78, 5) is 25.2. The predicted octanol–water partition coefficient (Wildman–Crippen LogP) is 5.75. The quantitative estimate of drug-likeness (QED) is 0.0777. The van der Waals surface area contributed by atoms with Crippen molar-refractivity contribution in [1.82, 2.24) is 10.9 Å². The number of benzene rings is 6. The van der Waals surface area contributed by atoms with Gasteiger partial charge in [-0.3, -0.25) is 9.59 Å². The average molecular weight is 735 g/mol. The summed E-state index contributed by atoms with van der Waals surface area (Å²) in [7, 11) is -8.45. The van der Waals surface area contributed by atoms with Gasteiger partial charge < -0.3 is 8.37 Å². The molecule has 0 aromatic heterocycles. The molecule has 0 aliphatic rings. The van der Waals surface area contributed by atoms with E-state index in [1.165, 1.54) is 48.8 Å². The molecule has 52 heavy (non-hydrogen) atoms. The first-order valence-corrected chi connectivity index (χ1v) is 18.5. The maximum absolute atomic E-state index is 13.1. The average Bonchev–Trinajstić information content (AvgIpc) is 3.13. The predicted molar refractivity (Wildman–Crippen MR) is 197 cm³/mol. The molecule has 0 unspecified atom stereocenters. The van der Waals surface area contributed by atoms with Gasteiger partial charge in [0.1, 0.15) is 9.79 Å². The SMILES string of the molecule is Cc1ccc(S(=O)(=O)Oc2ccc3ccccc3c2/C=N/NC(=O)C(=O)N/N=C/c2c(OS(=O)(=O)c3ccc(C)cc3)ccc3ccccc23)cc1. The van der Waals surface area contributed by atoms with Crippen molar-refractivity contribution in [1.29, 1.82) is 0 Å². The van der Waals surface area contributed by atoms with E-state index in [0.29, 0.717) is 10.8 Å². The van der Waals surface area contributed by atoms with Crippen molar-refractivity contribution in [3.8, 4) is 11.5 Å². The molecule has 6 aromatic rings. The highest BCUT2D eigenvalue weighted by Gasteiger charge is 2.21. The molecular weight excluding hydrogens is 705 g/mol. The van der Waals surface area contributed by atoms with E-state index in [0.717, 1.165) is 21.9 Å². The Kier molecular flexibility index (Phi) is 10.1. The van der Waals surface area contributed by atoms with E-state index in [1.54, 1.807) is 84.9 Å². The molecule has 262 valence electrons. The Morgan fingerprint density at radius 2 is 0.885 bits per heavy atom. The molecule has 0 aliphatic carbocycles. The molecular formula is C38H30N4O8S2. The van der Waals surface area contributed by atoms with Gasteiger partial charge in [0.25, 0.3) is 0 Å². The minimum atomic E-state index is -4.22. The number of hydrogen-bond donors (Lipinski definition) is 2. The zero-order valence-electron chi connectivity index (χ0n) is 27.7. The Bertz CT molecular complexity index is 2420. The van der Waals surface area contributed by atoms with Gasteiger partial charge in [-0.15, -0.1) is 0 Å². The number of carbonyl (C=O) groups excluding carboxylic acids is 2. The second-order valence-corrected chi connectivity index (χ2v) is 14.6. The molecule has 6 rings (SSSR count). The van der Waals surface area contributed by atoms with Crippen LogP contribution in [-0.2, 0) is 29.8 Å². The normalized spacial score (nSPS) is 12.0. The first-order valence-electron chi connectivity index (χ1n) is 15.6. The van der Waals surface area contributed by atoms with Gasteiger partial charge >= 0.3 is 32.1 Å². The van der Waals surface area contributed by atoms with Gasteiger partial charge in [0.05, 0.1) is 12.4 Å². The third kappa shape index (κ3) is 7.98. The van der Waals surface area contributed by atoms with E-state index in [2.05, 4.69) is 21.1 Å². The second-order valence-electron chi connectivity index (χ2n) is 11.5. The van der Waals surface area contributed by atoms with E-state index < -0.39 is 32.1 Å². The van der Waals surface area contributed by atoms with Crippen LogP contribution < -0.4 is 19.2 Å². The molecule has 0 saturated carbocycles. The van der Waals surface area contributed by atoms with Crippen LogP contribution in [0.1, 0.15) is 22.3 Å². The third-order valence-electron chi connectivity index (χ3n) is 7.81. The van der Waals surface area contributed by atoms with Gasteiger partial charge in [0, 0.05) is 11.1 Å². The number of aryl methyl sites for hydroxylation is 2. The summed E-state index contributed by atoms with van der Waals surface area (Å²) >= 11 is 0. The number of nitrogens with one attached hydrogen (secondary N) is 2. The monoisotopic (exact) mass is 734 g/mol. The summed E-state index contributed by atoms with van der Waals surface area (Å²) in [6.45, 7) is 3.66. The molecule has 2 N–H and O–H groups in total. The van der Waals surface area contributed by atoms with Crippen LogP contribution >= 0.6 is 0 Å². The van der Waals surface area contributed by atoms with Crippen molar-refractivity contribution in [2.75, 3.05) is 0 Å². The van der Waals surface area contributed by atoms with Crippen molar-refractivity contribution in [3.63, 3.8) is 0 Å². The molecule has 0 atom stereocenters. The molecule has 0 saturated heterocycles. The molecule has 0 aliphatic heterocycles. The van der Waals surface area contributed by atoms with Crippen LogP contribution in [0.2, 0.25) is 0 Å². The van der Waals surface area contributed by atoms with Crippen LogP contribution in [-0.4, -0.2) is 41.1 Å². The Morgan fingerprint density at radius 3 is 1.27 bits per heavy atom. The molecule has 6 aromatic carbocycles. The van der Waals surface area contributed by atoms with E-state index in [1.807, 2.05) is 13.8 Å². The highest BCUT2D eigenvalue weighted by molar-refractivity contribution is 7.87. The van der Waals surface area contributed by atoms with Gasteiger partial charge in [-0.05, 0) is 71.8 Å². The lowest BCUT2D eigenvalue weighted by Gasteiger charge is -2.12. The van der Waals surface area contributed by atoms with Crippen molar-refractivity contribution < 1.29 is 34.8 Å². The molecule has 0 fully saturated rings. The van der Waals surface area contributed by atoms with Gasteiger partial charge in [-0.25, -0.2) is 10.9 Å². The first kappa shape index (κ1) is 35.4. The topological polar surface area (TPSA) is 170 Å². The number of fused-ring (bicyclic) bond motifs is 2. The molecule has 2 amide bonds. The maximum atomic E-state index is 13.1. The lowest BCUT2D eigenvalue weighted by atomic mass is 10.0. The highest BCUT2D eigenvalue weighted by atomic mass is 32.2. The van der Waals surface area contributed by atoms with E-state index in [9.17, 15) is 26.4 Å². The Labute approximate surface area is 299 Å². The van der Waals surface area contributed by atoms with Crippen molar-refractivity contribution >= 4 is 66.0 Å². The Morgan fingerprint density at radius 1 is 0.519 bits per heavy atom. The lowest BCUT2D eigenvalue weighted by molar-refractivity contribution is -0.139. The molecule has 0 bridgehead atoms. The number of nitrogens with zero attached hydrogens (tertiary/aromatic N) is 2. The van der Waals surface area contributed by atoms with Crippen LogP contribution in [0.3, 0.4) is 0 Å². The number of amides is 2. The minimum absolute atomic E-state index is 0.0465. The molecule has 0 heterocycles. The Balaban J connectivity index is 1.19. The van der Waals surface area contributed by atoms with E-state index in [-0.39, 0.29) is 32.4 Å². The summed E-state index contributed by atoms with van der Waals surface area (Å²) in [6.07, 6.45) is 2.34. The zero-order chi connectivity index (χ0) is 36.9. The molecule has 12 nitrogen and oxygen atoms in total. The minimum Gasteiger partial charge on any atom is -0.378 e. The number of hydrogen-bond acceptors (Lipinski definition) is 10. The van der Waals surface area contributed by atoms with Gasteiger partial charge in [0.15, 0.2) is 11.5 Å². The zero-order valence-corrected chi connectivity index (χ0v) is 29.3. The molecule has 0 radical (unpaired) electrons. The number of rotatable bonds is 10. The van der Waals surface area contributed by atoms with Crippen molar-refractivity contribution in [3.05, 3.63) is 144 Å². The molecule has 14 heteroatoms. The van der Waals surface area contributed by atoms with Crippen LogP contribution in [0.4, 0.5) is 0 Å². The summed E-state index contributed by atoms with van der Waals surface area (Å²) < 4.78 is 63.3. The van der Waals surface area contributed by atoms with Crippen LogP contribution in [0.5, 0.6) is 11.5 Å².